The summed E-state index contributed by atoms with van der Waals surface area (Å²) in [5.41, 5.74) is 2.39. The molecule has 0 amide bonds. The Labute approximate surface area is 226 Å². The first-order valence-electron chi connectivity index (χ1n) is 14.0. The Kier molecular flexibility index (Phi) is 7.95. The Morgan fingerprint density at radius 1 is 1.11 bits per heavy atom. The molecule has 2 aromatic rings. The number of carbonyl (C=O) groups is 1. The fourth-order valence-corrected chi connectivity index (χ4v) is 7.05. The van der Waals surface area contributed by atoms with Crippen molar-refractivity contribution in [2.24, 2.45) is 16.7 Å². The van der Waals surface area contributed by atoms with Crippen molar-refractivity contribution in [1.82, 2.24) is 9.88 Å². The molecule has 0 N–H and O–H groups in total. The van der Waals surface area contributed by atoms with Crippen LogP contribution < -0.4 is 0 Å². The Morgan fingerprint density at radius 2 is 1.86 bits per heavy atom. The molecule has 3 aliphatic rings. The molecule has 4 atom stereocenters. The summed E-state index contributed by atoms with van der Waals surface area (Å²) in [5, 5.41) is 0.717. The van der Waals surface area contributed by atoms with Crippen LogP contribution in [0, 0.1) is 16.7 Å². The monoisotopic (exact) mass is 524 g/mol. The van der Waals surface area contributed by atoms with Gasteiger partial charge in [-0.1, -0.05) is 50.6 Å². The maximum atomic E-state index is 12.7. The van der Waals surface area contributed by atoms with E-state index in [1.165, 1.54) is 12.8 Å². The maximum absolute atomic E-state index is 12.7. The van der Waals surface area contributed by atoms with Crippen molar-refractivity contribution < 1.29 is 14.3 Å². The number of benzene rings is 1. The number of rotatable bonds is 9. The Hall–Kier alpha value is -1.95. The first kappa shape index (κ1) is 26.6. The van der Waals surface area contributed by atoms with E-state index in [1.54, 1.807) is 0 Å². The van der Waals surface area contributed by atoms with E-state index in [0.29, 0.717) is 17.4 Å². The molecule has 2 unspecified atom stereocenters. The van der Waals surface area contributed by atoms with Crippen LogP contribution in [0.15, 0.2) is 48.7 Å². The molecule has 2 aliphatic carbocycles. The van der Waals surface area contributed by atoms with Crippen LogP contribution in [0.5, 0.6) is 0 Å². The van der Waals surface area contributed by atoms with Crippen molar-refractivity contribution in [3.8, 4) is 0 Å². The first-order chi connectivity index (χ1) is 17.8. The fourth-order valence-electron chi connectivity index (χ4n) is 6.92. The molecule has 200 valence electrons. The summed E-state index contributed by atoms with van der Waals surface area (Å²) in [4.78, 5) is 19.7. The van der Waals surface area contributed by atoms with Gasteiger partial charge < -0.3 is 14.4 Å². The van der Waals surface area contributed by atoms with E-state index < -0.39 is 0 Å². The minimum absolute atomic E-state index is 0.0195. The number of aromatic nitrogens is 1. The van der Waals surface area contributed by atoms with E-state index in [1.807, 2.05) is 48.7 Å². The SMILES string of the molecule is CC1(C)C2CCC1(C)[C@@H](OC(=O)CCCN1CCC(O[C@@H](c3ccc(Cl)cc3)c3ccccn3)CC1)C2. The highest BCUT2D eigenvalue weighted by molar-refractivity contribution is 6.30. The number of carbonyl (C=O) groups excluding carboxylic acids is 1. The van der Waals surface area contributed by atoms with Gasteiger partial charge in [0, 0.05) is 36.1 Å². The predicted molar refractivity (Wildman–Crippen MR) is 146 cm³/mol. The minimum Gasteiger partial charge on any atom is -0.462 e. The lowest BCUT2D eigenvalue weighted by Crippen LogP contribution is -2.39. The van der Waals surface area contributed by atoms with Gasteiger partial charge >= 0.3 is 5.97 Å². The second-order valence-corrected chi connectivity index (χ2v) is 12.5. The number of pyridine rings is 1. The third-order valence-corrected chi connectivity index (χ3v) is 10.1. The number of likely N-dealkylation sites (tertiary alicyclic amines) is 1. The highest BCUT2D eigenvalue weighted by atomic mass is 35.5. The molecule has 2 heterocycles. The average Bonchev–Trinajstić information content (AvgIpc) is 3.23. The molecule has 2 bridgehead atoms. The van der Waals surface area contributed by atoms with E-state index in [4.69, 9.17) is 21.1 Å². The largest absolute Gasteiger partial charge is 0.462 e. The Bertz CT molecular complexity index is 1050. The molecular formula is C31H41ClN2O3. The van der Waals surface area contributed by atoms with Gasteiger partial charge in [0.25, 0.3) is 0 Å². The van der Waals surface area contributed by atoms with Crippen molar-refractivity contribution in [2.45, 2.75) is 84.0 Å². The predicted octanol–water partition coefficient (Wildman–Crippen LogP) is 6.84. The summed E-state index contributed by atoms with van der Waals surface area (Å²) in [6.07, 6.45) is 8.66. The fraction of sp³-hybridized carbons (Fsp3) is 0.613. The van der Waals surface area contributed by atoms with Crippen molar-refractivity contribution >= 4 is 17.6 Å². The summed E-state index contributed by atoms with van der Waals surface area (Å²) in [7, 11) is 0. The minimum atomic E-state index is -0.206. The van der Waals surface area contributed by atoms with Crippen LogP contribution in [0.25, 0.3) is 0 Å². The highest BCUT2D eigenvalue weighted by Crippen LogP contribution is 2.66. The second kappa shape index (κ2) is 11.0. The maximum Gasteiger partial charge on any atom is 0.306 e. The third-order valence-electron chi connectivity index (χ3n) is 9.84. The highest BCUT2D eigenvalue weighted by Gasteiger charge is 2.62. The second-order valence-electron chi connectivity index (χ2n) is 12.1. The summed E-state index contributed by atoms with van der Waals surface area (Å²) >= 11 is 6.11. The van der Waals surface area contributed by atoms with Gasteiger partial charge in [-0.3, -0.25) is 9.78 Å². The van der Waals surface area contributed by atoms with Crippen LogP contribution in [-0.4, -0.2) is 47.7 Å². The van der Waals surface area contributed by atoms with Crippen molar-refractivity contribution in [2.75, 3.05) is 19.6 Å². The average molecular weight is 525 g/mol. The topological polar surface area (TPSA) is 51.7 Å². The molecule has 0 radical (unpaired) electrons. The van der Waals surface area contributed by atoms with Crippen LogP contribution in [0.3, 0.4) is 0 Å². The number of fused-ring (bicyclic) bond motifs is 2. The first-order valence-corrected chi connectivity index (χ1v) is 14.4. The number of esters is 1. The van der Waals surface area contributed by atoms with E-state index in [2.05, 4.69) is 30.7 Å². The standard InChI is InChI=1S/C31H41ClN2O3/c1-30(2)23-13-16-31(30,3)27(21-23)37-28(35)8-6-18-34-19-14-25(15-20-34)36-29(26-7-4-5-17-33-26)22-9-11-24(32)12-10-22/h4-5,7,9-12,17,23,25,27,29H,6,8,13-16,18-21H2,1-3H3/t23?,27-,29-,31?/m0/s1. The van der Waals surface area contributed by atoms with E-state index in [9.17, 15) is 4.79 Å². The third kappa shape index (κ3) is 5.60. The molecule has 1 aromatic carbocycles. The van der Waals surface area contributed by atoms with Crippen molar-refractivity contribution in [1.29, 1.82) is 0 Å². The lowest BCUT2D eigenvalue weighted by atomic mass is 9.70. The molecule has 6 heteroatoms. The van der Waals surface area contributed by atoms with Gasteiger partial charge in [0.2, 0.25) is 0 Å². The van der Waals surface area contributed by atoms with Crippen LogP contribution in [-0.2, 0) is 14.3 Å². The number of hydrogen-bond acceptors (Lipinski definition) is 5. The van der Waals surface area contributed by atoms with Gasteiger partial charge in [-0.05, 0) is 86.2 Å². The molecular weight excluding hydrogens is 484 g/mol. The van der Waals surface area contributed by atoms with Gasteiger partial charge in [-0.2, -0.15) is 0 Å². The number of halogens is 1. The quantitative estimate of drug-likeness (QED) is 0.336. The normalized spacial score (nSPS) is 28.3. The van der Waals surface area contributed by atoms with Crippen LogP contribution in [0.2, 0.25) is 5.02 Å². The van der Waals surface area contributed by atoms with Crippen LogP contribution in [0.4, 0.5) is 0 Å². The number of piperidine rings is 1. The number of hydrogen-bond donors (Lipinski definition) is 0. The van der Waals surface area contributed by atoms with Crippen molar-refractivity contribution in [3.05, 3.63) is 64.9 Å². The molecule has 0 spiro atoms. The Balaban J connectivity index is 1.07. The van der Waals surface area contributed by atoms with Crippen LogP contribution in [0.1, 0.15) is 83.1 Å². The molecule has 1 aliphatic heterocycles. The molecule has 37 heavy (non-hydrogen) atoms. The zero-order chi connectivity index (χ0) is 26.0. The summed E-state index contributed by atoms with van der Waals surface area (Å²) < 4.78 is 12.6. The van der Waals surface area contributed by atoms with Gasteiger partial charge in [-0.25, -0.2) is 0 Å². The van der Waals surface area contributed by atoms with Crippen LogP contribution >= 0.6 is 11.6 Å². The van der Waals surface area contributed by atoms with Gasteiger partial charge in [0.1, 0.15) is 12.2 Å². The van der Waals surface area contributed by atoms with Gasteiger partial charge in [-0.15, -0.1) is 0 Å². The summed E-state index contributed by atoms with van der Waals surface area (Å²) in [6.45, 7) is 9.94. The van der Waals surface area contributed by atoms with E-state index >= 15 is 0 Å². The number of nitrogens with zero attached hydrogens (tertiary/aromatic N) is 2. The van der Waals surface area contributed by atoms with E-state index in [-0.39, 0.29) is 35.1 Å². The summed E-state index contributed by atoms with van der Waals surface area (Å²) in [6, 6.07) is 13.8. The molecule has 1 aromatic heterocycles. The molecule has 2 saturated carbocycles. The van der Waals surface area contributed by atoms with E-state index in [0.717, 1.165) is 56.6 Å². The van der Waals surface area contributed by atoms with Gasteiger partial charge in [0.15, 0.2) is 0 Å². The zero-order valence-corrected chi connectivity index (χ0v) is 23.3. The smallest absolute Gasteiger partial charge is 0.306 e. The van der Waals surface area contributed by atoms with Gasteiger partial charge in [0.05, 0.1) is 11.8 Å². The number of ether oxygens (including phenoxy) is 2. The molecule has 5 nitrogen and oxygen atoms in total. The lowest BCUT2D eigenvalue weighted by molar-refractivity contribution is -0.157. The Morgan fingerprint density at radius 3 is 2.49 bits per heavy atom. The molecule has 1 saturated heterocycles. The van der Waals surface area contributed by atoms with Crippen molar-refractivity contribution in [3.63, 3.8) is 0 Å². The zero-order valence-electron chi connectivity index (χ0n) is 22.5. The lowest BCUT2D eigenvalue weighted by Gasteiger charge is -2.38. The summed E-state index contributed by atoms with van der Waals surface area (Å²) in [5.74, 6) is 0.671. The molecule has 3 fully saturated rings. The molecule has 5 rings (SSSR count).